The van der Waals surface area contributed by atoms with E-state index in [1.807, 2.05) is 11.8 Å². The molecule has 4 rings (SSSR count). The zero-order chi connectivity index (χ0) is 23.8. The highest BCUT2D eigenvalue weighted by atomic mass is 32.2. The van der Waals surface area contributed by atoms with Gasteiger partial charge in [0.1, 0.15) is 0 Å². The van der Waals surface area contributed by atoms with E-state index < -0.39 is 10.0 Å². The Balaban J connectivity index is 1.40. The fraction of sp³-hybridized carbons (Fsp3) is 0.680. The number of anilines is 1. The number of amides is 2. The molecule has 1 N–H and O–H groups in total. The van der Waals surface area contributed by atoms with Gasteiger partial charge in [-0.15, -0.1) is 0 Å². The molecule has 0 radical (unpaired) electrons. The Morgan fingerprint density at radius 2 is 1.79 bits per heavy atom. The number of sulfonamides is 1. The van der Waals surface area contributed by atoms with E-state index in [4.69, 9.17) is 0 Å². The third kappa shape index (κ3) is 4.97. The largest absolute Gasteiger partial charge is 0.356 e. The molecule has 0 unspecified atom stereocenters. The molecule has 1 atom stereocenters. The van der Waals surface area contributed by atoms with E-state index in [1.54, 1.807) is 18.2 Å². The Morgan fingerprint density at radius 3 is 2.39 bits per heavy atom. The SMILES string of the molecule is CC(C)CCNC(=O)C1CCN(S(=O)(=O)c2ccc3c(c2)C[C@@H](C)N3C(=O)C2CCC2)CC1. The molecule has 2 fully saturated rings. The summed E-state index contributed by atoms with van der Waals surface area (Å²) in [7, 11) is -3.63. The topological polar surface area (TPSA) is 86.8 Å². The molecule has 182 valence electrons. The van der Waals surface area contributed by atoms with Crippen LogP contribution in [0.4, 0.5) is 5.69 Å². The molecule has 0 aromatic heterocycles. The number of nitrogens with zero attached hydrogens (tertiary/aromatic N) is 2. The van der Waals surface area contributed by atoms with Crippen molar-refractivity contribution < 1.29 is 18.0 Å². The number of hydrogen-bond donors (Lipinski definition) is 1. The lowest BCUT2D eigenvalue weighted by molar-refractivity contribution is -0.126. The second-order valence-electron chi connectivity index (χ2n) is 10.3. The highest BCUT2D eigenvalue weighted by Crippen LogP contribution is 2.38. The molecule has 3 aliphatic rings. The number of fused-ring (bicyclic) bond motifs is 1. The van der Waals surface area contributed by atoms with Crippen LogP contribution < -0.4 is 10.2 Å². The molecular formula is C25H37N3O4S. The van der Waals surface area contributed by atoms with E-state index in [1.165, 1.54) is 4.31 Å². The number of carbonyl (C=O) groups is 2. The summed E-state index contributed by atoms with van der Waals surface area (Å²) in [6.45, 7) is 7.65. The van der Waals surface area contributed by atoms with E-state index >= 15 is 0 Å². The monoisotopic (exact) mass is 475 g/mol. The van der Waals surface area contributed by atoms with Gasteiger partial charge in [-0.25, -0.2) is 8.42 Å². The van der Waals surface area contributed by atoms with Gasteiger partial charge >= 0.3 is 0 Å². The summed E-state index contributed by atoms with van der Waals surface area (Å²) in [5.41, 5.74) is 1.78. The van der Waals surface area contributed by atoms with E-state index in [0.29, 0.717) is 44.8 Å². The van der Waals surface area contributed by atoms with Gasteiger partial charge in [-0.3, -0.25) is 9.59 Å². The fourth-order valence-electron chi connectivity index (χ4n) is 5.09. The molecular weight excluding hydrogens is 438 g/mol. The lowest BCUT2D eigenvalue weighted by atomic mass is 9.84. The number of nitrogens with one attached hydrogen (secondary N) is 1. The minimum Gasteiger partial charge on any atom is -0.356 e. The van der Waals surface area contributed by atoms with Crippen molar-refractivity contribution in [2.45, 2.75) is 76.7 Å². The molecule has 0 spiro atoms. The van der Waals surface area contributed by atoms with Crippen LogP contribution in [-0.2, 0) is 26.0 Å². The van der Waals surface area contributed by atoms with E-state index in [0.717, 1.165) is 36.9 Å². The van der Waals surface area contributed by atoms with Crippen molar-refractivity contribution in [2.24, 2.45) is 17.8 Å². The van der Waals surface area contributed by atoms with Crippen LogP contribution in [0.1, 0.15) is 64.9 Å². The Morgan fingerprint density at radius 1 is 1.09 bits per heavy atom. The zero-order valence-electron chi connectivity index (χ0n) is 20.0. The van der Waals surface area contributed by atoms with E-state index in [2.05, 4.69) is 19.2 Å². The van der Waals surface area contributed by atoms with Crippen molar-refractivity contribution in [3.05, 3.63) is 23.8 Å². The summed E-state index contributed by atoms with van der Waals surface area (Å²) in [4.78, 5) is 27.5. The molecule has 2 amide bonds. The quantitative estimate of drug-likeness (QED) is 0.655. The molecule has 1 saturated heterocycles. The maximum atomic E-state index is 13.3. The van der Waals surface area contributed by atoms with Crippen LogP contribution in [0.5, 0.6) is 0 Å². The van der Waals surface area contributed by atoms with Gasteiger partial charge in [0.15, 0.2) is 0 Å². The zero-order valence-corrected chi connectivity index (χ0v) is 20.9. The standard InChI is InChI=1S/C25H37N3O4S/c1-17(2)9-12-26-24(29)19-10-13-27(14-11-19)33(31,32)22-7-8-23-21(16-22)15-18(3)28(23)25(30)20-5-4-6-20/h7-8,16-20H,4-6,9-15H2,1-3H3,(H,26,29)/t18-/m1/s1. The smallest absolute Gasteiger partial charge is 0.243 e. The van der Waals surface area contributed by atoms with Crippen molar-refractivity contribution in [1.29, 1.82) is 0 Å². The van der Waals surface area contributed by atoms with Gasteiger partial charge in [-0.2, -0.15) is 4.31 Å². The highest BCUT2D eigenvalue weighted by Gasteiger charge is 2.38. The Labute approximate surface area is 198 Å². The van der Waals surface area contributed by atoms with Crippen LogP contribution in [0.15, 0.2) is 23.1 Å². The maximum Gasteiger partial charge on any atom is 0.243 e. The first-order valence-corrected chi connectivity index (χ1v) is 13.9. The lowest BCUT2D eigenvalue weighted by Crippen LogP contribution is -2.43. The molecule has 8 heteroatoms. The van der Waals surface area contributed by atoms with Crippen LogP contribution >= 0.6 is 0 Å². The Hall–Kier alpha value is -1.93. The molecule has 2 heterocycles. The molecule has 1 aromatic rings. The summed E-state index contributed by atoms with van der Waals surface area (Å²) >= 11 is 0. The van der Waals surface area contributed by atoms with Crippen LogP contribution in [-0.4, -0.2) is 50.2 Å². The summed E-state index contributed by atoms with van der Waals surface area (Å²) in [5.74, 6) is 0.740. The minimum absolute atomic E-state index is 0.0374. The highest BCUT2D eigenvalue weighted by molar-refractivity contribution is 7.89. The van der Waals surface area contributed by atoms with Gasteiger partial charge < -0.3 is 10.2 Å². The molecule has 1 aromatic carbocycles. The summed E-state index contributed by atoms with van der Waals surface area (Å²) in [6, 6.07) is 5.24. The van der Waals surface area contributed by atoms with Crippen molar-refractivity contribution in [2.75, 3.05) is 24.5 Å². The number of carbonyl (C=O) groups excluding carboxylic acids is 2. The van der Waals surface area contributed by atoms with Gasteiger partial charge in [0.2, 0.25) is 21.8 Å². The second-order valence-corrected chi connectivity index (χ2v) is 12.3. The van der Waals surface area contributed by atoms with Gasteiger partial charge in [-0.1, -0.05) is 20.3 Å². The summed E-state index contributed by atoms with van der Waals surface area (Å²) < 4.78 is 28.1. The third-order valence-corrected chi connectivity index (χ3v) is 9.34. The summed E-state index contributed by atoms with van der Waals surface area (Å²) in [5, 5.41) is 2.99. The van der Waals surface area contributed by atoms with Crippen LogP contribution in [0, 0.1) is 17.8 Å². The molecule has 1 saturated carbocycles. The summed E-state index contributed by atoms with van der Waals surface area (Å²) in [6.07, 6.45) is 5.72. The normalized spacial score (nSPS) is 22.3. The molecule has 0 bridgehead atoms. The van der Waals surface area contributed by atoms with Gasteiger partial charge in [0, 0.05) is 43.2 Å². The third-order valence-electron chi connectivity index (χ3n) is 7.44. The fourth-order valence-corrected chi connectivity index (χ4v) is 6.61. The first-order valence-electron chi connectivity index (χ1n) is 12.4. The van der Waals surface area contributed by atoms with Crippen LogP contribution in [0.2, 0.25) is 0 Å². The maximum absolute atomic E-state index is 13.3. The van der Waals surface area contributed by atoms with Gasteiger partial charge in [0.25, 0.3) is 0 Å². The number of piperidine rings is 1. The van der Waals surface area contributed by atoms with Crippen LogP contribution in [0.3, 0.4) is 0 Å². The molecule has 2 aliphatic heterocycles. The van der Waals surface area contributed by atoms with E-state index in [-0.39, 0.29) is 34.6 Å². The van der Waals surface area contributed by atoms with Gasteiger partial charge in [0.05, 0.1) is 4.90 Å². The number of benzene rings is 1. The average Bonchev–Trinajstić information content (AvgIpc) is 3.07. The molecule has 33 heavy (non-hydrogen) atoms. The predicted octanol–water partition coefficient (Wildman–Crippen LogP) is 3.33. The minimum atomic E-state index is -3.63. The molecule has 7 nitrogen and oxygen atoms in total. The van der Waals surface area contributed by atoms with Crippen molar-refractivity contribution in [3.63, 3.8) is 0 Å². The Bertz CT molecular complexity index is 995. The average molecular weight is 476 g/mol. The van der Waals surface area contributed by atoms with Crippen molar-refractivity contribution in [1.82, 2.24) is 9.62 Å². The van der Waals surface area contributed by atoms with Crippen LogP contribution in [0.25, 0.3) is 0 Å². The Kier molecular flexibility index (Phi) is 7.15. The van der Waals surface area contributed by atoms with E-state index in [9.17, 15) is 18.0 Å². The first-order chi connectivity index (χ1) is 15.7. The van der Waals surface area contributed by atoms with Crippen molar-refractivity contribution in [3.8, 4) is 0 Å². The number of rotatable bonds is 7. The number of hydrogen-bond acceptors (Lipinski definition) is 4. The van der Waals surface area contributed by atoms with Crippen molar-refractivity contribution >= 4 is 27.5 Å². The first kappa shape index (κ1) is 24.2. The predicted molar refractivity (Wildman–Crippen MR) is 128 cm³/mol. The lowest BCUT2D eigenvalue weighted by Gasteiger charge is -2.32. The van der Waals surface area contributed by atoms with Gasteiger partial charge in [-0.05, 0) is 75.1 Å². The second kappa shape index (κ2) is 9.74. The molecule has 1 aliphatic carbocycles.